The van der Waals surface area contributed by atoms with Gasteiger partial charge in [-0.2, -0.15) is 13.2 Å². The van der Waals surface area contributed by atoms with E-state index >= 15 is 0 Å². The molecule has 94 valence electrons. The van der Waals surface area contributed by atoms with Crippen molar-refractivity contribution >= 4 is 11.6 Å². The molecule has 1 rings (SSSR count). The molecular weight excluding hydrogens is 231 g/mol. The fraction of sp³-hybridized carbons (Fsp3) is 0.417. The van der Waals surface area contributed by atoms with Gasteiger partial charge in [0.05, 0.1) is 5.56 Å². The molecule has 1 aromatic rings. The first-order valence-electron chi connectivity index (χ1n) is 5.32. The van der Waals surface area contributed by atoms with Crippen LogP contribution in [0.2, 0.25) is 0 Å². The predicted molar refractivity (Wildman–Crippen MR) is 59.5 cm³/mol. The van der Waals surface area contributed by atoms with E-state index in [1.54, 1.807) is 6.92 Å². The monoisotopic (exact) mass is 245 g/mol. The number of halogens is 3. The average Bonchev–Trinajstić information content (AvgIpc) is 2.27. The number of nitrogens with one attached hydrogen (secondary N) is 1. The smallest absolute Gasteiger partial charge is 0.326 e. The predicted octanol–water partition coefficient (Wildman–Crippen LogP) is 3.69. The number of benzene rings is 1. The molecule has 1 amide bonds. The van der Waals surface area contributed by atoms with E-state index < -0.39 is 11.7 Å². The van der Waals surface area contributed by atoms with Crippen molar-refractivity contribution in [3.8, 4) is 0 Å². The van der Waals surface area contributed by atoms with E-state index in [-0.39, 0.29) is 17.5 Å². The summed E-state index contributed by atoms with van der Waals surface area (Å²) >= 11 is 0. The molecule has 0 aliphatic rings. The van der Waals surface area contributed by atoms with Crippen molar-refractivity contribution in [2.24, 2.45) is 5.92 Å². The topological polar surface area (TPSA) is 29.1 Å². The molecule has 5 heteroatoms. The Bertz CT molecular complexity index is 401. The van der Waals surface area contributed by atoms with E-state index in [4.69, 9.17) is 0 Å². The largest absolute Gasteiger partial charge is 0.416 e. The lowest BCUT2D eigenvalue weighted by Gasteiger charge is -2.12. The maximum Gasteiger partial charge on any atom is 0.416 e. The first kappa shape index (κ1) is 13.5. The number of carbonyl (C=O) groups is 1. The van der Waals surface area contributed by atoms with E-state index in [0.717, 1.165) is 12.1 Å². The molecule has 1 atom stereocenters. The average molecular weight is 245 g/mol. The summed E-state index contributed by atoms with van der Waals surface area (Å²) in [6.07, 6.45) is -3.75. The number of anilines is 1. The zero-order chi connectivity index (χ0) is 13.1. The second-order valence-electron chi connectivity index (χ2n) is 3.88. The van der Waals surface area contributed by atoms with Crippen LogP contribution in [0.4, 0.5) is 18.9 Å². The molecule has 2 nitrogen and oxygen atoms in total. The highest BCUT2D eigenvalue weighted by Crippen LogP contribution is 2.30. The van der Waals surface area contributed by atoms with Gasteiger partial charge in [0.1, 0.15) is 0 Å². The molecule has 0 aromatic heterocycles. The Labute approximate surface area is 97.8 Å². The van der Waals surface area contributed by atoms with Crippen molar-refractivity contribution < 1.29 is 18.0 Å². The Morgan fingerprint density at radius 2 is 2.06 bits per heavy atom. The molecule has 1 aromatic carbocycles. The van der Waals surface area contributed by atoms with Crippen molar-refractivity contribution in [1.82, 2.24) is 0 Å². The lowest BCUT2D eigenvalue weighted by molar-refractivity contribution is -0.137. The van der Waals surface area contributed by atoms with Gasteiger partial charge in [-0.25, -0.2) is 0 Å². The number of alkyl halides is 3. The van der Waals surface area contributed by atoms with Gasteiger partial charge >= 0.3 is 6.18 Å². The van der Waals surface area contributed by atoms with E-state index in [9.17, 15) is 18.0 Å². The number of carbonyl (C=O) groups excluding carboxylic acids is 1. The van der Waals surface area contributed by atoms with Gasteiger partial charge in [0.2, 0.25) is 5.91 Å². The van der Waals surface area contributed by atoms with Crippen molar-refractivity contribution in [1.29, 1.82) is 0 Å². The zero-order valence-corrected chi connectivity index (χ0v) is 9.64. The summed E-state index contributed by atoms with van der Waals surface area (Å²) in [5.41, 5.74) is -0.593. The molecule has 0 heterocycles. The first-order valence-corrected chi connectivity index (χ1v) is 5.32. The normalized spacial score (nSPS) is 13.2. The van der Waals surface area contributed by atoms with Crippen LogP contribution in [0.3, 0.4) is 0 Å². The minimum absolute atomic E-state index is 0.171. The van der Waals surface area contributed by atoms with Gasteiger partial charge in [-0.15, -0.1) is 0 Å². The van der Waals surface area contributed by atoms with E-state index in [2.05, 4.69) is 5.32 Å². The van der Waals surface area contributed by atoms with E-state index in [1.165, 1.54) is 12.1 Å². The minimum atomic E-state index is -4.39. The molecule has 0 unspecified atom stereocenters. The summed E-state index contributed by atoms with van der Waals surface area (Å²) in [6.45, 7) is 3.57. The number of hydrogen-bond acceptors (Lipinski definition) is 1. The van der Waals surface area contributed by atoms with Gasteiger partial charge < -0.3 is 5.32 Å². The van der Waals surface area contributed by atoms with Crippen LogP contribution in [0.25, 0.3) is 0 Å². The molecule has 0 saturated carbocycles. The van der Waals surface area contributed by atoms with Gasteiger partial charge in [-0.3, -0.25) is 4.79 Å². The van der Waals surface area contributed by atoms with Crippen molar-refractivity contribution in [3.63, 3.8) is 0 Å². The minimum Gasteiger partial charge on any atom is -0.326 e. The van der Waals surface area contributed by atoms with Crippen molar-refractivity contribution in [2.45, 2.75) is 26.4 Å². The van der Waals surface area contributed by atoms with Crippen LogP contribution < -0.4 is 5.32 Å². The van der Waals surface area contributed by atoms with E-state index in [0.29, 0.717) is 6.42 Å². The van der Waals surface area contributed by atoms with Gasteiger partial charge in [-0.05, 0) is 24.6 Å². The molecule has 17 heavy (non-hydrogen) atoms. The number of hydrogen-bond donors (Lipinski definition) is 1. The highest BCUT2D eigenvalue weighted by atomic mass is 19.4. The van der Waals surface area contributed by atoms with Crippen LogP contribution >= 0.6 is 0 Å². The van der Waals surface area contributed by atoms with E-state index in [1.807, 2.05) is 6.92 Å². The maximum atomic E-state index is 12.4. The first-order chi connectivity index (χ1) is 7.84. The summed E-state index contributed by atoms with van der Waals surface area (Å²) in [5.74, 6) is -0.489. The second kappa shape index (κ2) is 5.21. The molecule has 0 bridgehead atoms. The van der Waals surface area contributed by atoms with Crippen LogP contribution in [0.1, 0.15) is 25.8 Å². The highest BCUT2D eigenvalue weighted by Gasteiger charge is 2.30. The summed E-state index contributed by atoms with van der Waals surface area (Å²) in [6, 6.07) is 4.61. The van der Waals surface area contributed by atoms with Crippen LogP contribution in [0, 0.1) is 5.92 Å². The van der Waals surface area contributed by atoms with Gasteiger partial charge in [0, 0.05) is 11.6 Å². The Morgan fingerprint density at radius 1 is 1.41 bits per heavy atom. The molecule has 0 radical (unpaired) electrons. The Morgan fingerprint density at radius 3 is 2.59 bits per heavy atom. The summed E-state index contributed by atoms with van der Waals surface area (Å²) in [4.78, 5) is 11.5. The molecule has 0 fully saturated rings. The molecule has 0 saturated heterocycles. The standard InChI is InChI=1S/C12H14F3NO/c1-3-8(2)11(17)16-10-6-4-5-9(7-10)12(13,14)15/h4-8H,3H2,1-2H3,(H,16,17)/t8-/m1/s1. The van der Waals surface area contributed by atoms with Gasteiger partial charge in [0.15, 0.2) is 0 Å². The Hall–Kier alpha value is -1.52. The number of rotatable bonds is 3. The fourth-order valence-corrected chi connectivity index (χ4v) is 1.22. The Balaban J connectivity index is 2.83. The summed E-state index contributed by atoms with van der Waals surface area (Å²) < 4.78 is 37.3. The van der Waals surface area contributed by atoms with Crippen LogP contribution in [0.5, 0.6) is 0 Å². The highest BCUT2D eigenvalue weighted by molar-refractivity contribution is 5.92. The quantitative estimate of drug-likeness (QED) is 0.864. The third kappa shape index (κ3) is 3.76. The summed E-state index contributed by atoms with van der Waals surface area (Å²) in [7, 11) is 0. The fourth-order valence-electron chi connectivity index (χ4n) is 1.22. The van der Waals surface area contributed by atoms with Crippen LogP contribution in [-0.2, 0) is 11.0 Å². The van der Waals surface area contributed by atoms with Crippen molar-refractivity contribution in [3.05, 3.63) is 29.8 Å². The molecule has 0 spiro atoms. The molecule has 1 N–H and O–H groups in total. The maximum absolute atomic E-state index is 12.4. The second-order valence-corrected chi connectivity index (χ2v) is 3.88. The Kier molecular flexibility index (Phi) is 4.15. The molecule has 0 aliphatic heterocycles. The number of amides is 1. The summed E-state index contributed by atoms with van der Waals surface area (Å²) in [5, 5.41) is 2.47. The lowest BCUT2D eigenvalue weighted by atomic mass is 10.1. The molecular formula is C12H14F3NO. The zero-order valence-electron chi connectivity index (χ0n) is 9.64. The van der Waals surface area contributed by atoms with Crippen LogP contribution in [0.15, 0.2) is 24.3 Å². The van der Waals surface area contributed by atoms with Crippen molar-refractivity contribution in [2.75, 3.05) is 5.32 Å². The lowest BCUT2D eigenvalue weighted by Crippen LogP contribution is -2.20. The SMILES string of the molecule is CC[C@@H](C)C(=O)Nc1cccc(C(F)(F)F)c1. The van der Waals surface area contributed by atoms with Gasteiger partial charge in [-0.1, -0.05) is 19.9 Å². The third-order valence-electron chi connectivity index (χ3n) is 2.52. The van der Waals surface area contributed by atoms with Gasteiger partial charge in [0.25, 0.3) is 0 Å². The van der Waals surface area contributed by atoms with Crippen LogP contribution in [-0.4, -0.2) is 5.91 Å². The third-order valence-corrected chi connectivity index (χ3v) is 2.52. The molecule has 0 aliphatic carbocycles.